The molecule has 48 heavy (non-hydrogen) atoms. The van der Waals surface area contributed by atoms with E-state index in [1.807, 2.05) is 46.8 Å². The van der Waals surface area contributed by atoms with Crippen LogP contribution < -0.4 is 0 Å². The zero-order valence-corrected chi connectivity index (χ0v) is 29.5. The molecule has 4 saturated carbocycles. The minimum absolute atomic E-state index is 0.00246. The van der Waals surface area contributed by atoms with Crippen LogP contribution in [0, 0.1) is 52.3 Å². The quantitative estimate of drug-likeness (QED) is 0.118. The van der Waals surface area contributed by atoms with E-state index in [1.165, 1.54) is 0 Å². The van der Waals surface area contributed by atoms with Crippen molar-refractivity contribution >= 4 is 10.4 Å². The monoisotopic (exact) mass is 706 g/mol. The summed E-state index contributed by atoms with van der Waals surface area (Å²) in [5.41, 5.74) is -2.94. The molecule has 5 aliphatic rings. The van der Waals surface area contributed by atoms with Gasteiger partial charge in [0.2, 0.25) is 0 Å². The van der Waals surface area contributed by atoms with Crippen molar-refractivity contribution in [3.05, 3.63) is 12.2 Å². The van der Waals surface area contributed by atoms with Gasteiger partial charge in [0.25, 0.3) is 0 Å². The first-order valence-electron chi connectivity index (χ1n) is 17.6. The first-order valence-corrected chi connectivity index (χ1v) is 19.0. The zero-order chi connectivity index (χ0) is 35.6. The number of allylic oxidation sites excluding steroid dienone is 2. The number of hydrogen-bond donors (Lipinski definition) is 8. The summed E-state index contributed by atoms with van der Waals surface area (Å²) in [6.45, 7) is 10.1. The van der Waals surface area contributed by atoms with Gasteiger partial charge in [-0.1, -0.05) is 46.8 Å². The Balaban J connectivity index is 1.38. The lowest BCUT2D eigenvalue weighted by Gasteiger charge is -2.65. The fraction of sp³-hybridized carbons (Fsp3) is 0.941. The highest BCUT2D eigenvalue weighted by molar-refractivity contribution is 7.80. The number of rotatable bonds is 10. The van der Waals surface area contributed by atoms with Crippen LogP contribution >= 0.6 is 0 Å². The Morgan fingerprint density at radius 2 is 1.58 bits per heavy atom. The lowest BCUT2D eigenvalue weighted by molar-refractivity contribution is -0.270. The van der Waals surface area contributed by atoms with Crippen molar-refractivity contribution in [3.63, 3.8) is 0 Å². The maximum Gasteiger partial charge on any atom is 0.397 e. The van der Waals surface area contributed by atoms with Crippen LogP contribution in [0.25, 0.3) is 0 Å². The molecule has 1 saturated heterocycles. The van der Waals surface area contributed by atoms with Gasteiger partial charge in [-0.3, -0.25) is 4.55 Å². The van der Waals surface area contributed by atoms with Crippen molar-refractivity contribution in [2.75, 3.05) is 13.2 Å². The summed E-state index contributed by atoms with van der Waals surface area (Å²) in [6, 6.07) is 0. The SMILES string of the molecule is CC(C)[C@@H](C=C[C@@H](C)[C@H]1C(O)C(OS(=O)(=O)O)[C@@H]2[C@]1(C)CC[C@H]1[C@@]2(O)CC(O)C2CC(O)CC[C@@]21C)CCO[C@@H]1OC[C@@H](O)[C@H](O)[C@H]1O. The molecular formula is C34H58O13S. The van der Waals surface area contributed by atoms with Gasteiger partial charge in [0, 0.05) is 12.3 Å². The molecule has 5 unspecified atom stereocenters. The molecule has 8 N–H and O–H groups in total. The van der Waals surface area contributed by atoms with E-state index in [9.17, 15) is 48.7 Å². The smallest absolute Gasteiger partial charge is 0.393 e. The van der Waals surface area contributed by atoms with Crippen molar-refractivity contribution in [2.24, 2.45) is 52.3 Å². The maximum atomic E-state index is 12.7. The molecule has 13 nitrogen and oxygen atoms in total. The number of hydrogen-bond acceptors (Lipinski definition) is 12. The molecule has 0 amide bonds. The second-order valence-corrected chi connectivity index (χ2v) is 17.5. The van der Waals surface area contributed by atoms with Crippen LogP contribution in [-0.4, -0.2) is 117 Å². The Kier molecular flexibility index (Phi) is 11.2. The van der Waals surface area contributed by atoms with Crippen molar-refractivity contribution in [2.45, 2.75) is 134 Å². The predicted molar refractivity (Wildman–Crippen MR) is 172 cm³/mol. The van der Waals surface area contributed by atoms with Gasteiger partial charge in [0.1, 0.15) is 24.4 Å². The van der Waals surface area contributed by atoms with E-state index in [0.29, 0.717) is 38.5 Å². The first-order chi connectivity index (χ1) is 22.2. The van der Waals surface area contributed by atoms with Gasteiger partial charge in [0.05, 0.1) is 37.1 Å². The lowest BCUT2D eigenvalue weighted by Crippen LogP contribution is -2.69. The van der Waals surface area contributed by atoms with Crippen molar-refractivity contribution in [1.29, 1.82) is 0 Å². The third kappa shape index (κ3) is 6.91. The van der Waals surface area contributed by atoms with E-state index in [1.54, 1.807) is 0 Å². The van der Waals surface area contributed by atoms with Gasteiger partial charge in [-0.15, -0.1) is 0 Å². The van der Waals surface area contributed by atoms with Gasteiger partial charge < -0.3 is 45.2 Å². The minimum atomic E-state index is -5.01. The van der Waals surface area contributed by atoms with Crippen molar-refractivity contribution in [1.82, 2.24) is 0 Å². The zero-order valence-electron chi connectivity index (χ0n) is 28.7. The average Bonchev–Trinajstić information content (AvgIpc) is 3.20. The molecule has 0 aromatic heterocycles. The summed E-state index contributed by atoms with van der Waals surface area (Å²) >= 11 is 0. The van der Waals surface area contributed by atoms with E-state index in [-0.39, 0.29) is 49.2 Å². The molecule has 5 fully saturated rings. The third-order valence-electron chi connectivity index (χ3n) is 13.3. The molecule has 1 aliphatic heterocycles. The average molecular weight is 707 g/mol. The molecule has 0 aromatic carbocycles. The first kappa shape index (κ1) is 38.5. The Morgan fingerprint density at radius 1 is 0.917 bits per heavy atom. The Morgan fingerprint density at radius 3 is 2.23 bits per heavy atom. The van der Waals surface area contributed by atoms with E-state index in [0.717, 1.165) is 0 Å². The fourth-order valence-corrected chi connectivity index (χ4v) is 11.5. The lowest BCUT2D eigenvalue weighted by atomic mass is 9.42. The largest absolute Gasteiger partial charge is 0.397 e. The molecular weight excluding hydrogens is 648 g/mol. The van der Waals surface area contributed by atoms with Crippen LogP contribution in [0.3, 0.4) is 0 Å². The van der Waals surface area contributed by atoms with E-state index in [2.05, 4.69) is 0 Å². The molecule has 14 heteroatoms. The predicted octanol–water partition coefficient (Wildman–Crippen LogP) is 1.17. The van der Waals surface area contributed by atoms with Gasteiger partial charge >= 0.3 is 10.4 Å². The van der Waals surface area contributed by atoms with Crippen molar-refractivity contribution in [3.8, 4) is 0 Å². The fourth-order valence-electron chi connectivity index (χ4n) is 11.0. The highest BCUT2D eigenvalue weighted by Crippen LogP contribution is 2.70. The van der Waals surface area contributed by atoms with Gasteiger partial charge in [-0.05, 0) is 84.9 Å². The second-order valence-electron chi connectivity index (χ2n) is 16.4. The van der Waals surface area contributed by atoms with Gasteiger partial charge in [0.15, 0.2) is 6.29 Å². The summed E-state index contributed by atoms with van der Waals surface area (Å²) in [7, 11) is -5.01. The standard InChI is InChI=1S/C34H58O13S/c1-17(2)19(10-13-45-31-28(40)26(38)23(37)16-46-31)7-6-18(3)25-27(39)29(47-48(42,43)44)30-33(25,5)12-9-24-32(4)11-8-20(35)14-21(32)22(36)15-34(24,30)41/h6-7,17-31,35-41H,8-16H2,1-5H3,(H,42,43,44)/t18-,19+,20?,21?,22?,23-,24-,25+,26+,27?,28-,29?,30-,31-,32+,33-,34+/m1/s1. The highest BCUT2D eigenvalue weighted by atomic mass is 32.3. The molecule has 4 aliphatic carbocycles. The highest BCUT2D eigenvalue weighted by Gasteiger charge is 2.73. The minimum Gasteiger partial charge on any atom is -0.393 e. The summed E-state index contributed by atoms with van der Waals surface area (Å²) in [5, 5.41) is 76.3. The van der Waals surface area contributed by atoms with Crippen LogP contribution in [0.5, 0.6) is 0 Å². The van der Waals surface area contributed by atoms with Crippen LogP contribution in [-0.2, 0) is 24.1 Å². The van der Waals surface area contributed by atoms with E-state index in [4.69, 9.17) is 13.7 Å². The number of fused-ring (bicyclic) bond motifs is 5. The summed E-state index contributed by atoms with van der Waals surface area (Å²) in [4.78, 5) is 0. The Bertz CT molecular complexity index is 1260. The van der Waals surface area contributed by atoms with Gasteiger partial charge in [-0.25, -0.2) is 4.18 Å². The second kappa shape index (κ2) is 14.0. The van der Waals surface area contributed by atoms with Crippen molar-refractivity contribution < 1.29 is 62.4 Å². The molecule has 0 spiro atoms. The number of ether oxygens (including phenoxy) is 2. The molecule has 17 atom stereocenters. The van der Waals surface area contributed by atoms with Crippen LogP contribution in [0.2, 0.25) is 0 Å². The maximum absolute atomic E-state index is 12.7. The van der Waals surface area contributed by atoms with E-state index < -0.39 is 87.7 Å². The third-order valence-corrected chi connectivity index (χ3v) is 13.8. The Hall–Kier alpha value is -0.750. The van der Waals surface area contributed by atoms with Crippen LogP contribution in [0.4, 0.5) is 0 Å². The van der Waals surface area contributed by atoms with Crippen LogP contribution in [0.15, 0.2) is 12.2 Å². The summed E-state index contributed by atoms with van der Waals surface area (Å²) < 4.78 is 50.5. The topological polar surface area (TPSA) is 224 Å². The summed E-state index contributed by atoms with van der Waals surface area (Å²) in [5.74, 6) is -2.18. The number of aliphatic hydroxyl groups is 7. The Labute approximate surface area is 284 Å². The molecule has 5 rings (SSSR count). The molecule has 0 radical (unpaired) electrons. The molecule has 0 aromatic rings. The molecule has 278 valence electrons. The normalized spacial score (nSPS) is 49.4. The summed E-state index contributed by atoms with van der Waals surface area (Å²) in [6.07, 6.45) is -2.09. The number of aliphatic hydroxyl groups excluding tert-OH is 6. The molecule has 1 heterocycles. The van der Waals surface area contributed by atoms with E-state index >= 15 is 0 Å². The molecule has 0 bridgehead atoms. The van der Waals surface area contributed by atoms with Crippen LogP contribution in [0.1, 0.15) is 79.6 Å². The van der Waals surface area contributed by atoms with Gasteiger partial charge in [-0.2, -0.15) is 8.42 Å².